The first kappa shape index (κ1) is 23.1. The Kier molecular flexibility index (Phi) is 6.57. The number of benzene rings is 2. The van der Waals surface area contributed by atoms with Crippen molar-refractivity contribution in [3.8, 4) is 11.1 Å². The number of allylic oxidation sites excluding steroid dienone is 1. The van der Waals surface area contributed by atoms with Crippen molar-refractivity contribution in [2.45, 2.75) is 50.1 Å². The molecule has 2 amide bonds. The molecule has 0 aromatic heterocycles. The Balaban J connectivity index is 1.17. The number of aliphatic carboxylic acids is 1. The van der Waals surface area contributed by atoms with E-state index in [1.54, 1.807) is 0 Å². The number of rotatable bonds is 6. The molecule has 2 aromatic carbocycles. The average Bonchev–Trinajstić information content (AvgIpc) is 3.45. The monoisotopic (exact) mass is 474 g/mol. The molecule has 0 spiro atoms. The summed E-state index contributed by atoms with van der Waals surface area (Å²) in [5.41, 5.74) is 4.65. The van der Waals surface area contributed by atoms with Gasteiger partial charge in [-0.1, -0.05) is 67.1 Å². The number of alkyl carbamates (subject to hydrolysis) is 1. The van der Waals surface area contributed by atoms with Crippen molar-refractivity contribution in [2.24, 2.45) is 11.8 Å². The lowest BCUT2D eigenvalue weighted by Gasteiger charge is -2.26. The quantitative estimate of drug-likeness (QED) is 0.544. The predicted octanol–water partition coefficient (Wildman–Crippen LogP) is 4.23. The van der Waals surface area contributed by atoms with E-state index in [1.165, 1.54) is 11.1 Å². The molecular formula is C28H30N2O5. The third-order valence-corrected chi connectivity index (χ3v) is 7.50. The van der Waals surface area contributed by atoms with Crippen LogP contribution in [0.5, 0.6) is 0 Å². The van der Waals surface area contributed by atoms with Crippen LogP contribution in [-0.4, -0.2) is 41.8 Å². The van der Waals surface area contributed by atoms with Crippen LogP contribution in [0.4, 0.5) is 4.79 Å². The SMILES string of the molecule is O=C(NC1CCCC1C(=O)NC1C=CCC(C(=O)O)C1)OCC1c2ccccc2-c2ccccc21. The molecule has 1 fully saturated rings. The van der Waals surface area contributed by atoms with Crippen LogP contribution in [0.15, 0.2) is 60.7 Å². The Labute approximate surface area is 204 Å². The van der Waals surface area contributed by atoms with E-state index in [4.69, 9.17) is 4.74 Å². The molecular weight excluding hydrogens is 444 g/mol. The Morgan fingerprint density at radius 3 is 2.31 bits per heavy atom. The third-order valence-electron chi connectivity index (χ3n) is 7.50. The molecule has 5 rings (SSSR count). The van der Waals surface area contributed by atoms with Gasteiger partial charge in [-0.2, -0.15) is 0 Å². The molecule has 0 bridgehead atoms. The van der Waals surface area contributed by atoms with Gasteiger partial charge in [0.2, 0.25) is 5.91 Å². The first-order valence-electron chi connectivity index (χ1n) is 12.3. The van der Waals surface area contributed by atoms with E-state index in [0.717, 1.165) is 17.5 Å². The van der Waals surface area contributed by atoms with Gasteiger partial charge in [0.25, 0.3) is 0 Å². The van der Waals surface area contributed by atoms with E-state index in [0.29, 0.717) is 25.7 Å². The lowest BCUT2D eigenvalue weighted by atomic mass is 9.90. The van der Waals surface area contributed by atoms with Gasteiger partial charge in [-0.25, -0.2) is 4.79 Å². The van der Waals surface area contributed by atoms with E-state index in [9.17, 15) is 19.5 Å². The Morgan fingerprint density at radius 2 is 1.63 bits per heavy atom. The summed E-state index contributed by atoms with van der Waals surface area (Å²) in [6.45, 7) is 0.229. The first-order valence-corrected chi connectivity index (χ1v) is 12.3. The fourth-order valence-electron chi connectivity index (χ4n) is 5.72. The number of nitrogens with one attached hydrogen (secondary N) is 2. The lowest BCUT2D eigenvalue weighted by molar-refractivity contribution is -0.142. The second-order valence-corrected chi connectivity index (χ2v) is 9.66. The zero-order valence-corrected chi connectivity index (χ0v) is 19.5. The van der Waals surface area contributed by atoms with Gasteiger partial charge in [0.15, 0.2) is 0 Å². The molecule has 3 aliphatic carbocycles. The molecule has 7 nitrogen and oxygen atoms in total. The maximum Gasteiger partial charge on any atom is 0.407 e. The van der Waals surface area contributed by atoms with Crippen LogP contribution in [0.2, 0.25) is 0 Å². The highest BCUT2D eigenvalue weighted by Gasteiger charge is 2.36. The summed E-state index contributed by atoms with van der Waals surface area (Å²) in [4.78, 5) is 37.0. The van der Waals surface area contributed by atoms with Crippen LogP contribution >= 0.6 is 0 Å². The zero-order chi connectivity index (χ0) is 24.4. The number of hydrogen-bond donors (Lipinski definition) is 3. The number of amides is 2. The molecule has 35 heavy (non-hydrogen) atoms. The van der Waals surface area contributed by atoms with Crippen molar-refractivity contribution in [3.05, 3.63) is 71.8 Å². The van der Waals surface area contributed by atoms with Crippen molar-refractivity contribution in [1.29, 1.82) is 0 Å². The summed E-state index contributed by atoms with van der Waals surface area (Å²) in [5, 5.41) is 15.2. The molecule has 0 aliphatic heterocycles. The Morgan fingerprint density at radius 1 is 0.943 bits per heavy atom. The molecule has 2 aromatic rings. The van der Waals surface area contributed by atoms with Gasteiger partial charge in [-0.3, -0.25) is 9.59 Å². The lowest BCUT2D eigenvalue weighted by Crippen LogP contribution is -2.47. The van der Waals surface area contributed by atoms with Gasteiger partial charge in [0, 0.05) is 18.0 Å². The minimum atomic E-state index is -0.843. The van der Waals surface area contributed by atoms with Gasteiger partial charge in [-0.05, 0) is 47.9 Å². The number of carbonyl (C=O) groups is 3. The van der Waals surface area contributed by atoms with Crippen LogP contribution in [0.1, 0.15) is 49.1 Å². The Bertz CT molecular complexity index is 1110. The van der Waals surface area contributed by atoms with Crippen molar-refractivity contribution in [3.63, 3.8) is 0 Å². The smallest absolute Gasteiger partial charge is 0.407 e. The molecule has 0 saturated heterocycles. The molecule has 3 N–H and O–H groups in total. The number of carboxylic acid groups (broad SMARTS) is 1. The zero-order valence-electron chi connectivity index (χ0n) is 19.5. The summed E-state index contributed by atoms with van der Waals surface area (Å²) in [7, 11) is 0. The maximum absolute atomic E-state index is 12.9. The summed E-state index contributed by atoms with van der Waals surface area (Å²) < 4.78 is 5.66. The van der Waals surface area contributed by atoms with Gasteiger partial charge < -0.3 is 20.5 Å². The normalized spacial score (nSPS) is 24.9. The molecule has 1 saturated carbocycles. The molecule has 4 unspecified atom stereocenters. The van der Waals surface area contributed by atoms with E-state index in [-0.39, 0.29) is 36.4 Å². The number of carbonyl (C=O) groups excluding carboxylic acids is 2. The van der Waals surface area contributed by atoms with E-state index >= 15 is 0 Å². The molecule has 0 heterocycles. The van der Waals surface area contributed by atoms with Gasteiger partial charge in [-0.15, -0.1) is 0 Å². The van der Waals surface area contributed by atoms with E-state index in [1.807, 2.05) is 36.4 Å². The molecule has 3 aliphatic rings. The number of carboxylic acids is 1. The molecule has 0 radical (unpaired) electrons. The minimum Gasteiger partial charge on any atom is -0.481 e. The second kappa shape index (κ2) is 9.94. The van der Waals surface area contributed by atoms with Crippen LogP contribution in [0, 0.1) is 11.8 Å². The Hall–Kier alpha value is -3.61. The van der Waals surface area contributed by atoms with Crippen LogP contribution in [0.25, 0.3) is 11.1 Å². The fraction of sp³-hybridized carbons (Fsp3) is 0.393. The predicted molar refractivity (Wildman–Crippen MR) is 131 cm³/mol. The van der Waals surface area contributed by atoms with Gasteiger partial charge in [0.05, 0.1) is 11.8 Å². The summed E-state index contributed by atoms with van der Waals surface area (Å²) in [6.07, 6.45) is 6.25. The summed E-state index contributed by atoms with van der Waals surface area (Å²) in [6, 6.07) is 15.8. The largest absolute Gasteiger partial charge is 0.481 e. The van der Waals surface area contributed by atoms with Crippen molar-refractivity contribution >= 4 is 18.0 Å². The summed E-state index contributed by atoms with van der Waals surface area (Å²) in [5.74, 6) is -1.84. The highest BCUT2D eigenvalue weighted by Crippen LogP contribution is 2.44. The highest BCUT2D eigenvalue weighted by atomic mass is 16.5. The van der Waals surface area contributed by atoms with Crippen molar-refractivity contribution < 1.29 is 24.2 Å². The summed E-state index contributed by atoms with van der Waals surface area (Å²) >= 11 is 0. The van der Waals surface area contributed by atoms with E-state index in [2.05, 4.69) is 34.9 Å². The van der Waals surface area contributed by atoms with E-state index < -0.39 is 18.0 Å². The minimum absolute atomic E-state index is 0.0175. The topological polar surface area (TPSA) is 105 Å². The second-order valence-electron chi connectivity index (χ2n) is 9.66. The highest BCUT2D eigenvalue weighted by molar-refractivity contribution is 5.82. The van der Waals surface area contributed by atoms with Gasteiger partial charge in [0.1, 0.15) is 6.61 Å². The molecule has 182 valence electrons. The first-order chi connectivity index (χ1) is 17.0. The van der Waals surface area contributed by atoms with Crippen LogP contribution in [-0.2, 0) is 14.3 Å². The average molecular weight is 475 g/mol. The van der Waals surface area contributed by atoms with Crippen molar-refractivity contribution in [2.75, 3.05) is 6.61 Å². The van der Waals surface area contributed by atoms with Crippen molar-refractivity contribution in [1.82, 2.24) is 10.6 Å². The number of ether oxygens (including phenoxy) is 1. The molecule has 7 heteroatoms. The number of hydrogen-bond acceptors (Lipinski definition) is 4. The standard InChI is InChI=1S/C28H30N2O5/c31-26(29-18-8-5-7-17(15-18)27(32)33)23-13-6-14-25(23)30-28(34)35-16-24-21-11-3-1-9-19(21)20-10-2-4-12-22(20)24/h1-5,8-12,17-18,23-25H,6-7,13-16H2,(H,29,31)(H,30,34)(H,32,33). The third kappa shape index (κ3) is 4.81. The van der Waals surface area contributed by atoms with Crippen LogP contribution in [0.3, 0.4) is 0 Å². The maximum atomic E-state index is 12.9. The number of fused-ring (bicyclic) bond motifs is 3. The molecule has 4 atom stereocenters. The van der Waals surface area contributed by atoms with Gasteiger partial charge >= 0.3 is 12.1 Å². The van der Waals surface area contributed by atoms with Crippen LogP contribution < -0.4 is 10.6 Å². The fourth-order valence-corrected chi connectivity index (χ4v) is 5.72.